The minimum absolute atomic E-state index is 0.126. The van der Waals surface area contributed by atoms with Crippen molar-refractivity contribution in [3.8, 4) is 0 Å². The molecule has 0 aromatic heterocycles. The predicted octanol–water partition coefficient (Wildman–Crippen LogP) is 3.77. The summed E-state index contributed by atoms with van der Waals surface area (Å²) < 4.78 is 13.1. The lowest BCUT2D eigenvalue weighted by Gasteiger charge is -2.07. The highest BCUT2D eigenvalue weighted by atomic mass is 79.9. The van der Waals surface area contributed by atoms with Crippen LogP contribution in [0.4, 0.5) is 4.39 Å². The molecule has 0 saturated heterocycles. The molecule has 0 aliphatic carbocycles. The van der Waals surface area contributed by atoms with Gasteiger partial charge in [-0.05, 0) is 25.0 Å². The van der Waals surface area contributed by atoms with E-state index in [4.69, 9.17) is 11.6 Å². The number of hydrogen-bond acceptors (Lipinski definition) is 1. The van der Waals surface area contributed by atoms with Crippen molar-refractivity contribution >= 4 is 33.4 Å². The van der Waals surface area contributed by atoms with E-state index in [9.17, 15) is 9.18 Å². The van der Waals surface area contributed by atoms with Crippen LogP contribution < -0.4 is 5.32 Å². The number of benzene rings is 1. The van der Waals surface area contributed by atoms with E-state index < -0.39 is 5.82 Å². The van der Waals surface area contributed by atoms with Gasteiger partial charge in [0.25, 0.3) is 5.91 Å². The maximum Gasteiger partial charge on any atom is 0.252 e. The molecule has 0 saturated carbocycles. The van der Waals surface area contributed by atoms with Gasteiger partial charge in [-0.25, -0.2) is 4.39 Å². The van der Waals surface area contributed by atoms with E-state index in [1.54, 1.807) is 0 Å². The van der Waals surface area contributed by atoms with E-state index in [0.29, 0.717) is 11.4 Å². The van der Waals surface area contributed by atoms with E-state index in [1.165, 1.54) is 18.2 Å². The summed E-state index contributed by atoms with van der Waals surface area (Å²) in [4.78, 5) is 12.1. The molecule has 1 aromatic carbocycles. The zero-order chi connectivity index (χ0) is 12.8. The number of rotatable bonds is 5. The molecule has 5 heteroatoms. The summed E-state index contributed by atoms with van der Waals surface area (Å²) in [6.45, 7) is 2.60. The fourth-order valence-electron chi connectivity index (χ4n) is 1.36. The summed E-state index contributed by atoms with van der Waals surface area (Å²) in [6.07, 6.45) is 1.84. The zero-order valence-corrected chi connectivity index (χ0v) is 11.8. The molecule has 0 aliphatic rings. The average molecular weight is 323 g/mol. The first kappa shape index (κ1) is 14.5. The number of nitrogens with one attached hydrogen (secondary N) is 1. The summed E-state index contributed by atoms with van der Waals surface area (Å²) in [6, 6.07) is 4.20. The molecular weight excluding hydrogens is 308 g/mol. The molecule has 0 spiro atoms. The van der Waals surface area contributed by atoms with Gasteiger partial charge in [0.15, 0.2) is 0 Å². The molecule has 17 heavy (non-hydrogen) atoms. The fourth-order valence-corrected chi connectivity index (χ4v) is 1.90. The van der Waals surface area contributed by atoms with Crippen molar-refractivity contribution in [3.63, 3.8) is 0 Å². The predicted molar refractivity (Wildman–Crippen MR) is 71.4 cm³/mol. The van der Waals surface area contributed by atoms with Gasteiger partial charge in [-0.3, -0.25) is 4.79 Å². The van der Waals surface area contributed by atoms with Crippen LogP contribution in [0.5, 0.6) is 0 Å². The Labute approximate surface area is 114 Å². The van der Waals surface area contributed by atoms with E-state index in [0.717, 1.165) is 12.8 Å². The minimum Gasteiger partial charge on any atom is -0.352 e. The lowest BCUT2D eigenvalue weighted by atomic mass is 10.2. The van der Waals surface area contributed by atoms with Crippen LogP contribution >= 0.6 is 27.5 Å². The van der Waals surface area contributed by atoms with E-state index in [2.05, 4.69) is 21.2 Å². The molecule has 0 heterocycles. The first-order valence-electron chi connectivity index (χ1n) is 5.38. The smallest absolute Gasteiger partial charge is 0.252 e. The van der Waals surface area contributed by atoms with Crippen LogP contribution in [0.1, 0.15) is 30.1 Å². The third-order valence-corrected chi connectivity index (χ3v) is 3.10. The number of carbonyl (C=O) groups excluding carboxylic acids is 1. The standard InChI is InChI=1S/C12H14BrClFNO/c1-8(13)4-3-7-16-12(17)9-5-2-6-10(15)11(9)14/h2,5-6,8H,3-4,7H2,1H3,(H,16,17). The van der Waals surface area contributed by atoms with Crippen molar-refractivity contribution in [2.24, 2.45) is 0 Å². The summed E-state index contributed by atoms with van der Waals surface area (Å²) >= 11 is 9.13. The zero-order valence-electron chi connectivity index (χ0n) is 9.47. The van der Waals surface area contributed by atoms with Gasteiger partial charge in [-0.2, -0.15) is 0 Å². The maximum absolute atomic E-state index is 13.1. The first-order chi connectivity index (χ1) is 8.02. The highest BCUT2D eigenvalue weighted by Gasteiger charge is 2.12. The summed E-state index contributed by atoms with van der Waals surface area (Å²) in [7, 11) is 0. The van der Waals surface area contributed by atoms with E-state index in [1.807, 2.05) is 6.92 Å². The number of amides is 1. The summed E-state index contributed by atoms with van der Waals surface area (Å²) in [5.74, 6) is -0.912. The molecule has 0 radical (unpaired) electrons. The molecule has 0 aliphatic heterocycles. The third kappa shape index (κ3) is 4.64. The largest absolute Gasteiger partial charge is 0.352 e. The normalized spacial score (nSPS) is 12.2. The van der Waals surface area contributed by atoms with Gasteiger partial charge in [0, 0.05) is 11.4 Å². The molecular formula is C12H14BrClFNO. The Bertz CT molecular complexity index is 398. The monoisotopic (exact) mass is 321 g/mol. The van der Waals surface area contributed by atoms with Gasteiger partial charge in [0.1, 0.15) is 5.82 Å². The fraction of sp³-hybridized carbons (Fsp3) is 0.417. The van der Waals surface area contributed by atoms with E-state index in [-0.39, 0.29) is 16.5 Å². The number of hydrogen-bond donors (Lipinski definition) is 1. The van der Waals surface area contributed by atoms with Crippen LogP contribution in [0.3, 0.4) is 0 Å². The number of alkyl halides is 1. The average Bonchev–Trinajstić information content (AvgIpc) is 2.27. The SMILES string of the molecule is CC(Br)CCCNC(=O)c1cccc(F)c1Cl. The van der Waals surface area contributed by atoms with Crippen LogP contribution in [0.15, 0.2) is 18.2 Å². The third-order valence-electron chi connectivity index (χ3n) is 2.26. The maximum atomic E-state index is 13.1. The molecule has 0 bridgehead atoms. The van der Waals surface area contributed by atoms with Gasteiger partial charge in [-0.15, -0.1) is 0 Å². The van der Waals surface area contributed by atoms with Crippen molar-refractivity contribution in [2.75, 3.05) is 6.54 Å². The quantitative estimate of drug-likeness (QED) is 0.649. The topological polar surface area (TPSA) is 29.1 Å². The Hall–Kier alpha value is -0.610. The van der Waals surface area contributed by atoms with Gasteiger partial charge in [0.2, 0.25) is 0 Å². The second kappa shape index (κ2) is 6.97. The van der Waals surface area contributed by atoms with Crippen molar-refractivity contribution in [3.05, 3.63) is 34.6 Å². The van der Waals surface area contributed by atoms with Gasteiger partial charge < -0.3 is 5.32 Å². The van der Waals surface area contributed by atoms with E-state index >= 15 is 0 Å². The molecule has 1 rings (SSSR count). The Balaban J connectivity index is 2.50. The minimum atomic E-state index is -0.576. The highest BCUT2D eigenvalue weighted by Crippen LogP contribution is 2.19. The van der Waals surface area contributed by atoms with Crippen LogP contribution in [0.25, 0.3) is 0 Å². The Kier molecular flexibility index (Phi) is 5.92. The number of carbonyl (C=O) groups is 1. The van der Waals surface area contributed by atoms with Crippen LogP contribution in [0, 0.1) is 5.82 Å². The Morgan fingerprint density at radius 1 is 1.59 bits per heavy atom. The second-order valence-electron chi connectivity index (χ2n) is 3.78. The molecule has 1 amide bonds. The van der Waals surface area contributed by atoms with Crippen molar-refractivity contribution in [1.29, 1.82) is 0 Å². The summed E-state index contributed by atoms with van der Waals surface area (Å²) in [5.41, 5.74) is 0.179. The first-order valence-corrected chi connectivity index (χ1v) is 6.68. The molecule has 0 fully saturated rings. The molecule has 1 atom stereocenters. The highest BCUT2D eigenvalue weighted by molar-refractivity contribution is 9.09. The molecule has 1 aromatic rings. The van der Waals surface area contributed by atoms with Crippen molar-refractivity contribution < 1.29 is 9.18 Å². The van der Waals surface area contributed by atoms with Crippen molar-refractivity contribution in [1.82, 2.24) is 5.32 Å². The molecule has 1 unspecified atom stereocenters. The van der Waals surface area contributed by atoms with Gasteiger partial charge in [0.05, 0.1) is 10.6 Å². The lowest BCUT2D eigenvalue weighted by Crippen LogP contribution is -2.25. The lowest BCUT2D eigenvalue weighted by molar-refractivity contribution is 0.0952. The molecule has 1 N–H and O–H groups in total. The van der Waals surface area contributed by atoms with Gasteiger partial charge in [-0.1, -0.05) is 40.5 Å². The van der Waals surface area contributed by atoms with Crippen LogP contribution in [-0.4, -0.2) is 17.3 Å². The number of halogens is 3. The Morgan fingerprint density at radius 3 is 2.94 bits per heavy atom. The molecule has 2 nitrogen and oxygen atoms in total. The second-order valence-corrected chi connectivity index (χ2v) is 5.72. The molecule has 94 valence electrons. The van der Waals surface area contributed by atoms with Crippen LogP contribution in [0.2, 0.25) is 5.02 Å². The van der Waals surface area contributed by atoms with Gasteiger partial charge >= 0.3 is 0 Å². The van der Waals surface area contributed by atoms with Crippen molar-refractivity contribution in [2.45, 2.75) is 24.6 Å². The Morgan fingerprint density at radius 2 is 2.29 bits per heavy atom. The van der Waals surface area contributed by atoms with Crippen LogP contribution in [-0.2, 0) is 0 Å². The summed E-state index contributed by atoms with van der Waals surface area (Å²) in [5, 5.41) is 2.59.